The SMILES string of the molecule is CCc1ccn(CC(N)=O)n1. The maximum Gasteiger partial charge on any atom is 0.239 e. The summed E-state index contributed by atoms with van der Waals surface area (Å²) >= 11 is 0. The number of hydrogen-bond acceptors (Lipinski definition) is 2. The van der Waals surface area contributed by atoms with E-state index in [1.807, 2.05) is 13.0 Å². The molecule has 1 heterocycles. The molecule has 4 heteroatoms. The van der Waals surface area contributed by atoms with Crippen LogP contribution in [0.4, 0.5) is 0 Å². The first-order chi connectivity index (χ1) is 5.22. The number of nitrogens with two attached hydrogens (primary N) is 1. The number of primary amides is 1. The van der Waals surface area contributed by atoms with Gasteiger partial charge in [0, 0.05) is 6.20 Å². The number of carbonyl (C=O) groups excluding carboxylic acids is 1. The Labute approximate surface area is 65.0 Å². The van der Waals surface area contributed by atoms with Gasteiger partial charge in [0.1, 0.15) is 6.54 Å². The third-order valence-electron chi connectivity index (χ3n) is 1.38. The second-order valence-electron chi connectivity index (χ2n) is 2.32. The first kappa shape index (κ1) is 7.78. The normalized spacial score (nSPS) is 9.91. The molecule has 0 aliphatic rings. The lowest BCUT2D eigenvalue weighted by Crippen LogP contribution is -2.18. The van der Waals surface area contributed by atoms with Gasteiger partial charge in [-0.15, -0.1) is 0 Å². The minimum absolute atomic E-state index is 0.167. The molecule has 0 aromatic carbocycles. The van der Waals surface area contributed by atoms with E-state index in [9.17, 15) is 4.79 Å². The lowest BCUT2D eigenvalue weighted by molar-refractivity contribution is -0.118. The number of nitrogens with zero attached hydrogens (tertiary/aromatic N) is 2. The van der Waals surface area contributed by atoms with Gasteiger partial charge < -0.3 is 5.73 Å². The predicted octanol–water partition coefficient (Wildman–Crippen LogP) is -0.0692. The van der Waals surface area contributed by atoms with Gasteiger partial charge in [-0.2, -0.15) is 5.10 Å². The summed E-state index contributed by atoms with van der Waals surface area (Å²) in [7, 11) is 0. The van der Waals surface area contributed by atoms with E-state index < -0.39 is 0 Å². The Morgan fingerprint density at radius 2 is 2.55 bits per heavy atom. The molecule has 0 aliphatic carbocycles. The topological polar surface area (TPSA) is 60.9 Å². The first-order valence-corrected chi connectivity index (χ1v) is 3.53. The van der Waals surface area contributed by atoms with Crippen LogP contribution in [0.1, 0.15) is 12.6 Å². The maximum absolute atomic E-state index is 10.4. The van der Waals surface area contributed by atoms with Gasteiger partial charge in [0.05, 0.1) is 5.69 Å². The summed E-state index contributed by atoms with van der Waals surface area (Å²) < 4.78 is 1.54. The Morgan fingerprint density at radius 3 is 3.00 bits per heavy atom. The number of aromatic nitrogens is 2. The third kappa shape index (κ3) is 2.07. The van der Waals surface area contributed by atoms with Crippen LogP contribution in [0.3, 0.4) is 0 Å². The third-order valence-corrected chi connectivity index (χ3v) is 1.38. The van der Waals surface area contributed by atoms with Crippen LogP contribution in [-0.4, -0.2) is 15.7 Å². The molecular formula is C7H11N3O. The maximum atomic E-state index is 10.4. The van der Waals surface area contributed by atoms with Crippen LogP contribution in [0.25, 0.3) is 0 Å². The highest BCUT2D eigenvalue weighted by Crippen LogP contribution is 1.95. The minimum atomic E-state index is -0.365. The lowest BCUT2D eigenvalue weighted by Gasteiger charge is -1.94. The number of aryl methyl sites for hydroxylation is 1. The molecule has 11 heavy (non-hydrogen) atoms. The van der Waals surface area contributed by atoms with Crippen molar-refractivity contribution in [2.45, 2.75) is 19.9 Å². The molecule has 0 saturated carbocycles. The number of carbonyl (C=O) groups is 1. The van der Waals surface area contributed by atoms with E-state index in [4.69, 9.17) is 5.73 Å². The van der Waals surface area contributed by atoms with Crippen LogP contribution in [0.15, 0.2) is 12.3 Å². The van der Waals surface area contributed by atoms with Crippen molar-refractivity contribution in [1.29, 1.82) is 0 Å². The molecule has 4 nitrogen and oxygen atoms in total. The van der Waals surface area contributed by atoms with E-state index in [2.05, 4.69) is 5.10 Å². The van der Waals surface area contributed by atoms with E-state index in [-0.39, 0.29) is 12.5 Å². The molecule has 0 saturated heterocycles. The molecule has 1 aromatic heterocycles. The van der Waals surface area contributed by atoms with E-state index in [1.165, 1.54) is 0 Å². The van der Waals surface area contributed by atoms with Gasteiger partial charge in [0.15, 0.2) is 0 Å². The second kappa shape index (κ2) is 3.18. The average molecular weight is 153 g/mol. The highest BCUT2D eigenvalue weighted by Gasteiger charge is 1.98. The Bertz CT molecular complexity index is 254. The number of hydrogen-bond donors (Lipinski definition) is 1. The molecule has 0 bridgehead atoms. The zero-order chi connectivity index (χ0) is 8.27. The molecule has 0 fully saturated rings. The molecule has 1 amide bonds. The predicted molar refractivity (Wildman–Crippen MR) is 40.8 cm³/mol. The molecule has 0 aliphatic heterocycles. The lowest BCUT2D eigenvalue weighted by atomic mass is 10.4. The molecule has 2 N–H and O–H groups in total. The van der Waals surface area contributed by atoms with E-state index >= 15 is 0 Å². The Morgan fingerprint density at radius 1 is 1.82 bits per heavy atom. The van der Waals surface area contributed by atoms with E-state index in [1.54, 1.807) is 10.9 Å². The molecule has 0 atom stereocenters. The summed E-state index contributed by atoms with van der Waals surface area (Å²) in [6, 6.07) is 1.88. The fourth-order valence-corrected chi connectivity index (χ4v) is 0.840. The Hall–Kier alpha value is -1.32. The molecule has 60 valence electrons. The van der Waals surface area contributed by atoms with Crippen molar-refractivity contribution in [1.82, 2.24) is 9.78 Å². The molecule has 1 rings (SSSR count). The fourth-order valence-electron chi connectivity index (χ4n) is 0.840. The molecule has 0 spiro atoms. The van der Waals surface area contributed by atoms with Crippen LogP contribution < -0.4 is 5.73 Å². The van der Waals surface area contributed by atoms with Crippen LogP contribution in [0.2, 0.25) is 0 Å². The number of rotatable bonds is 3. The van der Waals surface area contributed by atoms with Gasteiger partial charge in [-0.3, -0.25) is 9.48 Å². The Balaban J connectivity index is 2.65. The standard InChI is InChI=1S/C7H11N3O/c1-2-6-3-4-10(9-6)5-7(8)11/h3-4H,2,5H2,1H3,(H2,8,11). The van der Waals surface area contributed by atoms with Crippen molar-refractivity contribution in [3.63, 3.8) is 0 Å². The summed E-state index contributed by atoms with van der Waals surface area (Å²) in [5, 5.41) is 4.08. The second-order valence-corrected chi connectivity index (χ2v) is 2.32. The van der Waals surface area contributed by atoms with Crippen molar-refractivity contribution in [3.05, 3.63) is 18.0 Å². The largest absolute Gasteiger partial charge is 0.368 e. The zero-order valence-electron chi connectivity index (χ0n) is 6.45. The summed E-state index contributed by atoms with van der Waals surface area (Å²) in [4.78, 5) is 10.4. The minimum Gasteiger partial charge on any atom is -0.368 e. The van der Waals surface area contributed by atoms with Crippen LogP contribution in [-0.2, 0) is 17.8 Å². The number of amides is 1. The van der Waals surface area contributed by atoms with Crippen molar-refractivity contribution in [3.8, 4) is 0 Å². The molecule has 0 radical (unpaired) electrons. The smallest absolute Gasteiger partial charge is 0.239 e. The van der Waals surface area contributed by atoms with Gasteiger partial charge in [-0.05, 0) is 12.5 Å². The van der Waals surface area contributed by atoms with Gasteiger partial charge in [-0.1, -0.05) is 6.92 Å². The van der Waals surface area contributed by atoms with Gasteiger partial charge >= 0.3 is 0 Å². The highest BCUT2D eigenvalue weighted by molar-refractivity contribution is 5.73. The van der Waals surface area contributed by atoms with Crippen LogP contribution in [0.5, 0.6) is 0 Å². The van der Waals surface area contributed by atoms with E-state index in [0.717, 1.165) is 12.1 Å². The fraction of sp³-hybridized carbons (Fsp3) is 0.429. The van der Waals surface area contributed by atoms with Crippen LogP contribution >= 0.6 is 0 Å². The van der Waals surface area contributed by atoms with Crippen molar-refractivity contribution in [2.75, 3.05) is 0 Å². The monoisotopic (exact) mass is 153 g/mol. The average Bonchev–Trinajstić information content (AvgIpc) is 2.34. The summed E-state index contributed by atoms with van der Waals surface area (Å²) in [5.41, 5.74) is 5.95. The quantitative estimate of drug-likeness (QED) is 0.660. The van der Waals surface area contributed by atoms with Crippen molar-refractivity contribution >= 4 is 5.91 Å². The van der Waals surface area contributed by atoms with Gasteiger partial charge in [0.25, 0.3) is 0 Å². The van der Waals surface area contributed by atoms with Crippen LogP contribution in [0, 0.1) is 0 Å². The molecule has 1 aromatic rings. The van der Waals surface area contributed by atoms with Gasteiger partial charge in [0.2, 0.25) is 5.91 Å². The Kier molecular flexibility index (Phi) is 2.25. The van der Waals surface area contributed by atoms with Crippen molar-refractivity contribution < 1.29 is 4.79 Å². The summed E-state index contributed by atoms with van der Waals surface area (Å²) in [6.45, 7) is 2.18. The highest BCUT2D eigenvalue weighted by atomic mass is 16.1. The van der Waals surface area contributed by atoms with E-state index in [0.29, 0.717) is 0 Å². The molecular weight excluding hydrogens is 142 g/mol. The molecule has 0 unspecified atom stereocenters. The van der Waals surface area contributed by atoms with Gasteiger partial charge in [-0.25, -0.2) is 0 Å². The first-order valence-electron chi connectivity index (χ1n) is 3.53. The summed E-state index contributed by atoms with van der Waals surface area (Å²) in [5.74, 6) is -0.365. The summed E-state index contributed by atoms with van der Waals surface area (Å²) in [6.07, 6.45) is 2.63. The zero-order valence-corrected chi connectivity index (χ0v) is 6.45. The van der Waals surface area contributed by atoms with Crippen molar-refractivity contribution in [2.24, 2.45) is 5.73 Å².